The van der Waals surface area contributed by atoms with Crippen molar-refractivity contribution in [3.63, 3.8) is 0 Å². The molecule has 0 fully saturated rings. The van der Waals surface area contributed by atoms with Gasteiger partial charge in [0.05, 0.1) is 13.0 Å². The molecule has 0 aliphatic rings. The lowest BCUT2D eigenvalue weighted by atomic mass is 10.2. The number of ether oxygens (including phenoxy) is 3. The molecule has 0 aromatic heterocycles. The van der Waals surface area contributed by atoms with Crippen LogP contribution in [0.4, 0.5) is 0 Å². The molecule has 0 heterocycles. The molecule has 0 rings (SSSR count). The molecule has 1 atom stereocenters. The summed E-state index contributed by atoms with van der Waals surface area (Å²) in [6, 6.07) is 0. The van der Waals surface area contributed by atoms with Crippen LogP contribution < -0.4 is 0 Å². The minimum absolute atomic E-state index is 0.0353. The number of unbranched alkanes of at least 4 members (excludes halogenated alkanes) is 1. The minimum atomic E-state index is -0.659. The van der Waals surface area contributed by atoms with Crippen LogP contribution in [0.2, 0.25) is 0 Å². The van der Waals surface area contributed by atoms with E-state index in [1.54, 1.807) is 0 Å². The summed E-state index contributed by atoms with van der Waals surface area (Å²) in [5.41, 5.74) is 0. The average molecular weight is 875 g/mol. The summed E-state index contributed by atoms with van der Waals surface area (Å²) in [5, 5.41) is 0. The average Bonchev–Trinajstić information content (AvgIpc) is 3.30. The molecule has 0 radical (unpaired) electrons. The Morgan fingerprint density at radius 3 is 1.03 bits per heavy atom. The van der Waals surface area contributed by atoms with Crippen LogP contribution in [-0.2, 0) is 23.8 Å². The molecule has 352 valence electrons. The molecule has 5 heteroatoms. The molecule has 64 heavy (non-hydrogen) atoms. The van der Waals surface area contributed by atoms with E-state index in [9.17, 15) is 9.59 Å². The van der Waals surface area contributed by atoms with Gasteiger partial charge in [0, 0.05) is 13.0 Å². The van der Waals surface area contributed by atoms with Gasteiger partial charge in [-0.05, 0) is 116 Å². The summed E-state index contributed by atoms with van der Waals surface area (Å²) >= 11 is 0. The molecule has 0 aromatic rings. The maximum Gasteiger partial charge on any atom is 0.309 e. The Labute approximate surface area is 391 Å². The van der Waals surface area contributed by atoms with Crippen molar-refractivity contribution in [2.75, 3.05) is 19.8 Å². The van der Waals surface area contributed by atoms with Gasteiger partial charge in [-0.3, -0.25) is 9.59 Å². The number of carbonyl (C=O) groups excluding carboxylic acids is 2. The molecule has 0 aromatic carbocycles. The molecule has 0 aliphatic heterocycles. The first kappa shape index (κ1) is 59.0. The first-order chi connectivity index (χ1) is 31.6. The van der Waals surface area contributed by atoms with Gasteiger partial charge in [0.2, 0.25) is 0 Å². The lowest BCUT2D eigenvalue weighted by Crippen LogP contribution is -2.29. The van der Waals surface area contributed by atoms with Crippen molar-refractivity contribution in [3.8, 4) is 0 Å². The van der Waals surface area contributed by atoms with Gasteiger partial charge < -0.3 is 14.2 Å². The first-order valence-electron chi connectivity index (χ1n) is 24.3. The standard InChI is InChI=1S/C59H86O5/c1-4-7-10-13-16-19-22-25-27-28-29-30-31-33-36-39-42-45-48-51-54-62-55-57(64-59(61)53-50-47-44-41-38-34-24-21-18-15-12-9-6-3)56-63-58(60)52-49-46-43-40-37-35-32-26-23-20-17-14-11-8-5-2/h7-12,16-21,25-27,29-30,32-34,36-38,40,42,44-47,49,57H,4-6,13-15,22-24,28,31,35,39,41,43,48,50-56H2,1-3H3/b10-7-,11-8-,12-9-,19-16-,20-17-,21-18-,27-25-,30-29-,32-26-,36-33-,38-34-,40-37-,45-42-,47-44-,49-46-. The van der Waals surface area contributed by atoms with E-state index in [0.717, 1.165) is 109 Å². The van der Waals surface area contributed by atoms with Gasteiger partial charge >= 0.3 is 11.9 Å². The fourth-order valence-electron chi connectivity index (χ4n) is 5.49. The number of esters is 2. The number of hydrogen-bond donors (Lipinski definition) is 0. The third-order valence-electron chi connectivity index (χ3n) is 8.96. The molecule has 0 saturated carbocycles. The highest BCUT2D eigenvalue weighted by Crippen LogP contribution is 2.06. The Balaban J connectivity index is 4.62. The van der Waals surface area contributed by atoms with E-state index in [2.05, 4.69) is 185 Å². The van der Waals surface area contributed by atoms with Gasteiger partial charge in [0.25, 0.3) is 0 Å². The van der Waals surface area contributed by atoms with Gasteiger partial charge in [-0.2, -0.15) is 0 Å². The Morgan fingerprint density at radius 1 is 0.359 bits per heavy atom. The fraction of sp³-hybridized carbons (Fsp3) is 0.458. The second kappa shape index (κ2) is 52.3. The smallest absolute Gasteiger partial charge is 0.309 e. The Morgan fingerprint density at radius 2 is 0.672 bits per heavy atom. The van der Waals surface area contributed by atoms with Crippen molar-refractivity contribution in [2.45, 2.75) is 155 Å². The summed E-state index contributed by atoms with van der Waals surface area (Å²) in [6.45, 7) is 7.10. The molecule has 0 amide bonds. The maximum atomic E-state index is 12.7. The number of allylic oxidation sites excluding steroid dienone is 29. The van der Waals surface area contributed by atoms with Gasteiger partial charge in [-0.25, -0.2) is 0 Å². The van der Waals surface area contributed by atoms with E-state index in [-0.39, 0.29) is 38.0 Å². The summed E-state index contributed by atoms with van der Waals surface area (Å²) in [6.07, 6.45) is 80.9. The van der Waals surface area contributed by atoms with Gasteiger partial charge in [0.1, 0.15) is 6.61 Å². The lowest BCUT2D eigenvalue weighted by molar-refractivity contribution is -0.162. The zero-order valence-electron chi connectivity index (χ0n) is 40.2. The normalized spacial score (nSPS) is 13.9. The van der Waals surface area contributed by atoms with Crippen molar-refractivity contribution in [1.82, 2.24) is 0 Å². The molecular weight excluding hydrogens is 789 g/mol. The van der Waals surface area contributed by atoms with Crippen LogP contribution in [0.1, 0.15) is 149 Å². The van der Waals surface area contributed by atoms with E-state index in [4.69, 9.17) is 14.2 Å². The first-order valence-corrected chi connectivity index (χ1v) is 24.3. The van der Waals surface area contributed by atoms with Gasteiger partial charge in [-0.15, -0.1) is 0 Å². The second-order valence-corrected chi connectivity index (χ2v) is 14.9. The third kappa shape index (κ3) is 49.7. The van der Waals surface area contributed by atoms with Gasteiger partial charge in [-0.1, -0.05) is 203 Å². The quantitative estimate of drug-likeness (QED) is 0.0348. The summed E-state index contributed by atoms with van der Waals surface area (Å²) in [5.74, 6) is -0.692. The largest absolute Gasteiger partial charge is 0.461 e. The predicted molar refractivity (Wildman–Crippen MR) is 278 cm³/mol. The fourth-order valence-corrected chi connectivity index (χ4v) is 5.49. The van der Waals surface area contributed by atoms with Crippen LogP contribution in [-0.4, -0.2) is 37.9 Å². The monoisotopic (exact) mass is 875 g/mol. The van der Waals surface area contributed by atoms with Crippen molar-refractivity contribution in [3.05, 3.63) is 182 Å². The van der Waals surface area contributed by atoms with E-state index < -0.39 is 6.10 Å². The summed E-state index contributed by atoms with van der Waals surface area (Å²) < 4.78 is 17.1. The van der Waals surface area contributed by atoms with Crippen molar-refractivity contribution in [1.29, 1.82) is 0 Å². The van der Waals surface area contributed by atoms with Crippen LogP contribution in [0.3, 0.4) is 0 Å². The SMILES string of the molecule is CC/C=C\C/C=C\C/C=C\C/C=C\C/C=C\C/C=C\CCCOCC(COC(=O)C/C=C\C/C=C\C/C=C\C/C=C\C/C=C\CC)OC(=O)CC/C=C\C/C=C\C/C=C\C/C=C\CC. The molecule has 0 bridgehead atoms. The van der Waals surface area contributed by atoms with Crippen LogP contribution >= 0.6 is 0 Å². The van der Waals surface area contributed by atoms with Crippen LogP contribution in [0.25, 0.3) is 0 Å². The molecule has 5 nitrogen and oxygen atoms in total. The lowest BCUT2D eigenvalue weighted by Gasteiger charge is -2.18. The third-order valence-corrected chi connectivity index (χ3v) is 8.96. The highest BCUT2D eigenvalue weighted by atomic mass is 16.6. The Bertz CT molecular complexity index is 1550. The van der Waals surface area contributed by atoms with Crippen molar-refractivity contribution >= 4 is 11.9 Å². The molecule has 0 N–H and O–H groups in total. The van der Waals surface area contributed by atoms with Gasteiger partial charge in [0.15, 0.2) is 6.10 Å². The van der Waals surface area contributed by atoms with E-state index in [1.807, 2.05) is 18.2 Å². The van der Waals surface area contributed by atoms with Crippen LogP contribution in [0.15, 0.2) is 182 Å². The number of rotatable bonds is 41. The molecule has 1 unspecified atom stereocenters. The zero-order valence-corrected chi connectivity index (χ0v) is 40.2. The Kier molecular flexibility index (Phi) is 48.3. The van der Waals surface area contributed by atoms with E-state index in [1.165, 1.54) is 0 Å². The molecular formula is C59H86O5. The van der Waals surface area contributed by atoms with E-state index >= 15 is 0 Å². The maximum absolute atomic E-state index is 12.7. The predicted octanol–water partition coefficient (Wildman–Crippen LogP) is 16.7. The zero-order chi connectivity index (χ0) is 46.3. The van der Waals surface area contributed by atoms with Crippen molar-refractivity contribution < 1.29 is 23.8 Å². The van der Waals surface area contributed by atoms with Crippen LogP contribution in [0.5, 0.6) is 0 Å². The Hall–Kier alpha value is -5.00. The number of carbonyl (C=O) groups is 2. The summed E-state index contributed by atoms with van der Waals surface area (Å²) in [4.78, 5) is 25.2. The van der Waals surface area contributed by atoms with Crippen molar-refractivity contribution in [2.24, 2.45) is 0 Å². The summed E-state index contributed by atoms with van der Waals surface area (Å²) in [7, 11) is 0. The minimum Gasteiger partial charge on any atom is -0.461 e. The molecule has 0 spiro atoms. The molecule has 0 aliphatic carbocycles. The number of hydrogen-bond acceptors (Lipinski definition) is 5. The topological polar surface area (TPSA) is 61.8 Å². The second-order valence-electron chi connectivity index (χ2n) is 14.9. The molecule has 0 saturated heterocycles. The van der Waals surface area contributed by atoms with E-state index in [0.29, 0.717) is 13.0 Å². The highest BCUT2D eigenvalue weighted by Gasteiger charge is 2.17. The van der Waals surface area contributed by atoms with Crippen LogP contribution in [0, 0.1) is 0 Å². The highest BCUT2D eigenvalue weighted by molar-refractivity contribution is 5.71.